The van der Waals surface area contributed by atoms with E-state index in [1.807, 2.05) is 58.9 Å². The van der Waals surface area contributed by atoms with Gasteiger partial charge in [0.05, 0.1) is 5.60 Å². The van der Waals surface area contributed by atoms with Crippen molar-refractivity contribution in [1.29, 1.82) is 0 Å². The first-order chi connectivity index (χ1) is 9.76. The molecule has 0 fully saturated rings. The number of hydrogen-bond donors (Lipinski definition) is 2. The second kappa shape index (κ2) is 5.87. The Bertz CT molecular complexity index is 597. The molecule has 1 aromatic heterocycles. The lowest BCUT2D eigenvalue weighted by Crippen LogP contribution is -2.32. The Kier molecular flexibility index (Phi) is 4.34. The number of nitrogens with one attached hydrogen (secondary N) is 1. The third kappa shape index (κ3) is 4.06. The van der Waals surface area contributed by atoms with Crippen LogP contribution in [0.3, 0.4) is 0 Å². The van der Waals surface area contributed by atoms with Crippen molar-refractivity contribution in [2.45, 2.75) is 46.6 Å². The second-order valence-electron chi connectivity index (χ2n) is 6.07. The molecule has 114 valence electrons. The summed E-state index contributed by atoms with van der Waals surface area (Å²) in [4.78, 5) is 0. The highest BCUT2D eigenvalue weighted by Gasteiger charge is 2.21. The largest absolute Gasteiger partial charge is 0.354 e. The van der Waals surface area contributed by atoms with E-state index in [1.54, 1.807) is 0 Å². The smallest absolute Gasteiger partial charge is 0.236 e. The van der Waals surface area contributed by atoms with Crippen molar-refractivity contribution in [3.8, 4) is 11.3 Å². The molecule has 0 aliphatic carbocycles. The monoisotopic (exact) mass is 290 g/mol. The molecular formula is C16H22N2O3. The standard InChI is InChI=1S/C16H22N2O3/c1-10-6-8-12(9-7-10)14-13(11(2)18-21-14)17-15(19)20-16(3,4)5/h6-9,15,17,19H,1-5H3. The van der Waals surface area contributed by atoms with E-state index in [2.05, 4.69) is 10.5 Å². The highest BCUT2D eigenvalue weighted by atomic mass is 16.6. The number of aryl methyl sites for hydroxylation is 2. The van der Waals surface area contributed by atoms with Gasteiger partial charge in [-0.15, -0.1) is 0 Å². The van der Waals surface area contributed by atoms with E-state index in [9.17, 15) is 5.11 Å². The SMILES string of the molecule is Cc1ccc(-c2onc(C)c2NC(O)OC(C)(C)C)cc1. The molecule has 0 saturated carbocycles. The molecule has 0 aliphatic heterocycles. The Morgan fingerprint density at radius 1 is 1.19 bits per heavy atom. The number of hydrogen-bond acceptors (Lipinski definition) is 5. The van der Waals surface area contributed by atoms with Gasteiger partial charge in [0, 0.05) is 5.56 Å². The first-order valence-corrected chi connectivity index (χ1v) is 6.92. The first kappa shape index (κ1) is 15.5. The Morgan fingerprint density at radius 3 is 2.38 bits per heavy atom. The van der Waals surface area contributed by atoms with Crippen molar-refractivity contribution in [1.82, 2.24) is 5.16 Å². The van der Waals surface area contributed by atoms with Gasteiger partial charge in [-0.1, -0.05) is 35.0 Å². The number of nitrogens with zero attached hydrogens (tertiary/aromatic N) is 1. The summed E-state index contributed by atoms with van der Waals surface area (Å²) in [6.07, 6.45) is -1.13. The number of aliphatic hydroxyl groups excluding tert-OH is 1. The van der Waals surface area contributed by atoms with Crippen molar-refractivity contribution in [3.63, 3.8) is 0 Å². The minimum atomic E-state index is -1.13. The zero-order valence-corrected chi connectivity index (χ0v) is 13.1. The molecule has 0 amide bonds. The van der Waals surface area contributed by atoms with Crippen LogP contribution in [0.15, 0.2) is 28.8 Å². The maximum atomic E-state index is 9.99. The van der Waals surface area contributed by atoms with Crippen LogP contribution in [0.2, 0.25) is 0 Å². The van der Waals surface area contributed by atoms with Crippen LogP contribution in [0.25, 0.3) is 11.3 Å². The lowest BCUT2D eigenvalue weighted by molar-refractivity contribution is -0.148. The molecule has 1 atom stereocenters. The van der Waals surface area contributed by atoms with Gasteiger partial charge in [0.2, 0.25) is 6.41 Å². The van der Waals surface area contributed by atoms with Crippen LogP contribution < -0.4 is 5.32 Å². The van der Waals surface area contributed by atoms with Crippen LogP contribution in [-0.2, 0) is 4.74 Å². The number of aromatic nitrogens is 1. The Hall–Kier alpha value is -1.85. The maximum absolute atomic E-state index is 9.99. The summed E-state index contributed by atoms with van der Waals surface area (Å²) in [7, 11) is 0. The third-order valence-electron chi connectivity index (χ3n) is 2.91. The number of benzene rings is 1. The van der Waals surface area contributed by atoms with E-state index >= 15 is 0 Å². The van der Waals surface area contributed by atoms with Gasteiger partial charge in [0.1, 0.15) is 11.4 Å². The van der Waals surface area contributed by atoms with Crippen LogP contribution in [0.5, 0.6) is 0 Å². The normalized spacial score (nSPS) is 13.2. The average Bonchev–Trinajstić information content (AvgIpc) is 2.70. The molecule has 0 saturated heterocycles. The van der Waals surface area contributed by atoms with Gasteiger partial charge in [0.25, 0.3) is 0 Å². The predicted octanol–water partition coefficient (Wildman–Crippen LogP) is 3.46. The Balaban J connectivity index is 2.24. The molecule has 2 N–H and O–H groups in total. The molecule has 2 aromatic rings. The topological polar surface area (TPSA) is 67.5 Å². The molecule has 21 heavy (non-hydrogen) atoms. The molecule has 0 spiro atoms. The Labute approximate surface area is 124 Å². The highest BCUT2D eigenvalue weighted by Crippen LogP contribution is 2.31. The molecule has 1 aromatic carbocycles. The molecular weight excluding hydrogens is 268 g/mol. The summed E-state index contributed by atoms with van der Waals surface area (Å²) in [5.74, 6) is 0.587. The van der Waals surface area contributed by atoms with Gasteiger partial charge in [-0.25, -0.2) is 0 Å². The van der Waals surface area contributed by atoms with E-state index in [0.29, 0.717) is 17.1 Å². The molecule has 1 heterocycles. The van der Waals surface area contributed by atoms with Crippen molar-refractivity contribution in [2.75, 3.05) is 5.32 Å². The highest BCUT2D eigenvalue weighted by molar-refractivity contribution is 5.74. The van der Waals surface area contributed by atoms with Crippen LogP contribution in [-0.4, -0.2) is 22.3 Å². The number of aliphatic hydroxyl groups is 1. The fourth-order valence-electron chi connectivity index (χ4n) is 1.93. The van der Waals surface area contributed by atoms with Gasteiger partial charge < -0.3 is 19.7 Å². The summed E-state index contributed by atoms with van der Waals surface area (Å²) >= 11 is 0. The van der Waals surface area contributed by atoms with Crippen molar-refractivity contribution in [3.05, 3.63) is 35.5 Å². The fraction of sp³-hybridized carbons (Fsp3) is 0.438. The van der Waals surface area contributed by atoms with E-state index < -0.39 is 12.0 Å². The van der Waals surface area contributed by atoms with Crippen molar-refractivity contribution >= 4 is 5.69 Å². The first-order valence-electron chi connectivity index (χ1n) is 6.92. The summed E-state index contributed by atoms with van der Waals surface area (Å²) in [5.41, 5.74) is 2.91. The van der Waals surface area contributed by atoms with Crippen LogP contribution >= 0.6 is 0 Å². The van der Waals surface area contributed by atoms with Gasteiger partial charge in [-0.2, -0.15) is 0 Å². The lowest BCUT2D eigenvalue weighted by atomic mass is 10.1. The molecule has 0 radical (unpaired) electrons. The van der Waals surface area contributed by atoms with Gasteiger partial charge in [-0.05, 0) is 34.6 Å². The zero-order valence-electron chi connectivity index (χ0n) is 13.1. The third-order valence-corrected chi connectivity index (χ3v) is 2.91. The molecule has 1 unspecified atom stereocenters. The number of anilines is 1. The lowest BCUT2D eigenvalue weighted by Gasteiger charge is -2.24. The van der Waals surface area contributed by atoms with Gasteiger partial charge in [0.15, 0.2) is 5.76 Å². The Morgan fingerprint density at radius 2 is 1.81 bits per heavy atom. The fourth-order valence-corrected chi connectivity index (χ4v) is 1.93. The average molecular weight is 290 g/mol. The molecule has 0 bridgehead atoms. The molecule has 5 nitrogen and oxygen atoms in total. The van der Waals surface area contributed by atoms with Crippen molar-refractivity contribution in [2.24, 2.45) is 0 Å². The molecule has 5 heteroatoms. The molecule has 0 aliphatic rings. The van der Waals surface area contributed by atoms with Crippen LogP contribution in [0.4, 0.5) is 5.69 Å². The van der Waals surface area contributed by atoms with E-state index in [4.69, 9.17) is 9.26 Å². The summed E-state index contributed by atoms with van der Waals surface area (Å²) in [6.45, 7) is 9.46. The second-order valence-corrected chi connectivity index (χ2v) is 6.07. The summed E-state index contributed by atoms with van der Waals surface area (Å²) in [6, 6.07) is 7.91. The number of rotatable bonds is 4. The van der Waals surface area contributed by atoms with Crippen molar-refractivity contribution < 1.29 is 14.4 Å². The van der Waals surface area contributed by atoms with Crippen LogP contribution in [0.1, 0.15) is 32.0 Å². The quantitative estimate of drug-likeness (QED) is 0.844. The predicted molar refractivity (Wildman–Crippen MR) is 81.9 cm³/mol. The molecule has 2 rings (SSSR count). The van der Waals surface area contributed by atoms with Crippen LogP contribution in [0, 0.1) is 13.8 Å². The van der Waals surface area contributed by atoms with Gasteiger partial charge >= 0.3 is 0 Å². The van der Waals surface area contributed by atoms with Gasteiger partial charge in [-0.3, -0.25) is 0 Å². The summed E-state index contributed by atoms with van der Waals surface area (Å²) < 4.78 is 10.8. The number of ether oxygens (including phenoxy) is 1. The minimum absolute atomic E-state index is 0.457. The van der Waals surface area contributed by atoms with E-state index in [0.717, 1.165) is 5.56 Å². The minimum Gasteiger partial charge on any atom is -0.354 e. The van der Waals surface area contributed by atoms with E-state index in [-0.39, 0.29) is 0 Å². The van der Waals surface area contributed by atoms with E-state index in [1.165, 1.54) is 5.56 Å². The maximum Gasteiger partial charge on any atom is 0.236 e. The zero-order chi connectivity index (χ0) is 15.6. The summed E-state index contributed by atoms with van der Waals surface area (Å²) in [5, 5.41) is 16.9.